The highest BCUT2D eigenvalue weighted by atomic mass is 16.5. The van der Waals surface area contributed by atoms with E-state index in [1.54, 1.807) is 14.2 Å². The van der Waals surface area contributed by atoms with Crippen LogP contribution >= 0.6 is 0 Å². The van der Waals surface area contributed by atoms with Crippen molar-refractivity contribution in [3.8, 4) is 23.6 Å². The smallest absolute Gasteiger partial charge is 0.161 e. The third-order valence-corrected chi connectivity index (χ3v) is 4.70. The summed E-state index contributed by atoms with van der Waals surface area (Å²) < 4.78 is 10.6. The Labute approximate surface area is 157 Å². The van der Waals surface area contributed by atoms with Gasteiger partial charge in [0.15, 0.2) is 11.5 Å². The Morgan fingerprint density at radius 2 is 1.78 bits per heavy atom. The molecule has 1 aromatic heterocycles. The zero-order chi connectivity index (χ0) is 19.7. The van der Waals surface area contributed by atoms with Gasteiger partial charge in [-0.05, 0) is 54.3 Å². The zero-order valence-corrected chi connectivity index (χ0v) is 15.5. The van der Waals surface area contributed by atoms with Gasteiger partial charge in [-0.2, -0.15) is 10.5 Å². The van der Waals surface area contributed by atoms with E-state index in [2.05, 4.69) is 17.1 Å². The number of benzene rings is 1. The number of allylic oxidation sites excluding steroid dienone is 3. The minimum absolute atomic E-state index is 0.140. The molecular formula is C21H18N4O2. The summed E-state index contributed by atoms with van der Waals surface area (Å²) in [5.41, 5.74) is 11.2. The predicted molar refractivity (Wildman–Crippen MR) is 104 cm³/mol. The van der Waals surface area contributed by atoms with E-state index >= 15 is 0 Å². The molecular weight excluding hydrogens is 340 g/mol. The van der Waals surface area contributed by atoms with Gasteiger partial charge in [0.05, 0.1) is 31.1 Å². The second kappa shape index (κ2) is 6.86. The number of nitriles is 2. The monoisotopic (exact) mass is 358 g/mol. The van der Waals surface area contributed by atoms with Gasteiger partial charge in [-0.1, -0.05) is 6.07 Å². The number of hydrogen-bond acceptors (Lipinski definition) is 6. The summed E-state index contributed by atoms with van der Waals surface area (Å²) in [6.07, 6.45) is 1.95. The lowest BCUT2D eigenvalue weighted by Gasteiger charge is -2.12. The third kappa shape index (κ3) is 2.78. The van der Waals surface area contributed by atoms with Crippen LogP contribution in [-0.2, 0) is 0 Å². The van der Waals surface area contributed by atoms with Crippen molar-refractivity contribution in [1.82, 2.24) is 4.98 Å². The highest BCUT2D eigenvalue weighted by Gasteiger charge is 2.29. The van der Waals surface area contributed by atoms with Crippen molar-refractivity contribution in [1.29, 1.82) is 10.5 Å². The molecule has 6 nitrogen and oxygen atoms in total. The van der Waals surface area contributed by atoms with Gasteiger partial charge in [0.1, 0.15) is 18.0 Å². The van der Waals surface area contributed by atoms with Crippen LogP contribution in [0.25, 0.3) is 17.2 Å². The maximum atomic E-state index is 9.61. The van der Waals surface area contributed by atoms with E-state index < -0.39 is 0 Å². The van der Waals surface area contributed by atoms with Crippen LogP contribution in [0.5, 0.6) is 11.5 Å². The molecule has 2 N–H and O–H groups in total. The number of nitrogens with two attached hydrogens (primary N) is 1. The second-order valence-electron chi connectivity index (χ2n) is 6.12. The largest absolute Gasteiger partial charge is 0.493 e. The molecule has 0 radical (unpaired) electrons. The fraction of sp³-hybridized carbons (Fsp3) is 0.190. The van der Waals surface area contributed by atoms with E-state index in [1.807, 2.05) is 38.1 Å². The van der Waals surface area contributed by atoms with Crippen LogP contribution in [0.15, 0.2) is 23.8 Å². The van der Waals surface area contributed by atoms with Gasteiger partial charge in [0.25, 0.3) is 0 Å². The maximum absolute atomic E-state index is 9.61. The number of ether oxygens (including phenoxy) is 2. The molecule has 1 heterocycles. The van der Waals surface area contributed by atoms with Crippen LogP contribution in [-0.4, -0.2) is 19.2 Å². The van der Waals surface area contributed by atoms with Crippen molar-refractivity contribution < 1.29 is 9.47 Å². The zero-order valence-electron chi connectivity index (χ0n) is 15.5. The number of hydrogen-bond donors (Lipinski definition) is 1. The van der Waals surface area contributed by atoms with Crippen LogP contribution in [0.1, 0.15) is 34.9 Å². The van der Waals surface area contributed by atoms with Crippen LogP contribution in [0, 0.1) is 29.6 Å². The van der Waals surface area contributed by atoms with Gasteiger partial charge in [0.2, 0.25) is 0 Å². The third-order valence-electron chi connectivity index (χ3n) is 4.70. The summed E-state index contributed by atoms with van der Waals surface area (Å²) >= 11 is 0. The number of anilines is 1. The Balaban J connectivity index is 2.27. The predicted octanol–water partition coefficient (Wildman–Crippen LogP) is 3.71. The molecule has 0 spiro atoms. The van der Waals surface area contributed by atoms with Crippen molar-refractivity contribution in [2.75, 3.05) is 20.0 Å². The van der Waals surface area contributed by atoms with E-state index in [9.17, 15) is 10.5 Å². The number of nitrogen functional groups attached to an aromatic ring is 1. The fourth-order valence-electron chi connectivity index (χ4n) is 3.30. The minimum Gasteiger partial charge on any atom is -0.493 e. The SMILES string of the molecule is COc1ccc(/C=C2\C(C)=C(C#N)c3nc(N)c(C#N)c(C)c32)cc1OC. The Hall–Kier alpha value is -3.77. The molecule has 0 atom stereocenters. The number of rotatable bonds is 3. The summed E-state index contributed by atoms with van der Waals surface area (Å²) in [7, 11) is 3.16. The first-order valence-corrected chi connectivity index (χ1v) is 8.22. The number of aromatic nitrogens is 1. The van der Waals surface area contributed by atoms with E-state index in [0.717, 1.165) is 27.8 Å². The molecule has 0 bridgehead atoms. The van der Waals surface area contributed by atoms with Gasteiger partial charge in [0, 0.05) is 5.56 Å². The topological polar surface area (TPSA) is 105 Å². The molecule has 1 aromatic carbocycles. The normalized spacial score (nSPS) is 13.9. The van der Waals surface area contributed by atoms with Gasteiger partial charge in [-0.25, -0.2) is 4.98 Å². The summed E-state index contributed by atoms with van der Waals surface area (Å²) in [4.78, 5) is 4.33. The summed E-state index contributed by atoms with van der Waals surface area (Å²) in [5, 5.41) is 19.0. The van der Waals surface area contributed by atoms with Gasteiger partial charge in [-0.15, -0.1) is 0 Å². The summed E-state index contributed by atoms with van der Waals surface area (Å²) in [6, 6.07) is 9.89. The standard InChI is InChI=1S/C21H18N4O2/c1-11-14(7-13-5-6-17(26-3)18(8-13)27-4)19-12(2)16(10-23)21(24)25-20(19)15(11)9-22/h5-8H,1-4H3,(H2,24,25)/b14-7+. The van der Waals surface area contributed by atoms with Crippen LogP contribution < -0.4 is 15.2 Å². The molecule has 3 rings (SSSR count). The molecule has 0 unspecified atom stereocenters. The molecule has 0 fully saturated rings. The van der Waals surface area contributed by atoms with Crippen LogP contribution in [0.4, 0.5) is 5.82 Å². The average Bonchev–Trinajstić information content (AvgIpc) is 2.92. The highest BCUT2D eigenvalue weighted by molar-refractivity contribution is 6.08. The molecule has 0 saturated carbocycles. The molecule has 0 saturated heterocycles. The van der Waals surface area contributed by atoms with Crippen molar-refractivity contribution in [2.24, 2.45) is 0 Å². The Bertz CT molecular complexity index is 1100. The molecule has 1 aliphatic rings. The van der Waals surface area contributed by atoms with E-state index in [-0.39, 0.29) is 5.82 Å². The lowest BCUT2D eigenvalue weighted by Crippen LogP contribution is -2.03. The lowest BCUT2D eigenvalue weighted by molar-refractivity contribution is 0.355. The first kappa shape index (κ1) is 18.0. The van der Waals surface area contributed by atoms with Crippen molar-refractivity contribution in [3.63, 3.8) is 0 Å². The Kier molecular flexibility index (Phi) is 4.58. The molecule has 0 aliphatic heterocycles. The van der Waals surface area contributed by atoms with E-state index in [4.69, 9.17) is 15.2 Å². The fourth-order valence-corrected chi connectivity index (χ4v) is 3.30. The van der Waals surface area contributed by atoms with Crippen molar-refractivity contribution in [3.05, 3.63) is 51.7 Å². The minimum atomic E-state index is 0.140. The van der Waals surface area contributed by atoms with Gasteiger partial charge >= 0.3 is 0 Å². The highest BCUT2D eigenvalue weighted by Crippen LogP contribution is 2.44. The quantitative estimate of drug-likeness (QED) is 0.896. The van der Waals surface area contributed by atoms with Crippen LogP contribution in [0.3, 0.4) is 0 Å². The summed E-state index contributed by atoms with van der Waals surface area (Å²) in [5.74, 6) is 1.38. The first-order chi connectivity index (χ1) is 13.0. The van der Waals surface area contributed by atoms with Gasteiger partial charge < -0.3 is 15.2 Å². The van der Waals surface area contributed by atoms with Gasteiger partial charge in [-0.3, -0.25) is 0 Å². The van der Waals surface area contributed by atoms with Crippen molar-refractivity contribution in [2.45, 2.75) is 13.8 Å². The number of nitrogens with zero attached hydrogens (tertiary/aromatic N) is 3. The Morgan fingerprint density at radius 1 is 1.07 bits per heavy atom. The number of pyridine rings is 1. The van der Waals surface area contributed by atoms with E-state index in [0.29, 0.717) is 28.3 Å². The lowest BCUT2D eigenvalue weighted by atomic mass is 9.95. The Morgan fingerprint density at radius 3 is 2.37 bits per heavy atom. The van der Waals surface area contributed by atoms with E-state index in [1.165, 1.54) is 0 Å². The average molecular weight is 358 g/mol. The number of methoxy groups -OCH3 is 2. The molecule has 1 aliphatic carbocycles. The summed E-state index contributed by atoms with van der Waals surface area (Å²) in [6.45, 7) is 3.69. The molecule has 134 valence electrons. The molecule has 2 aromatic rings. The molecule has 27 heavy (non-hydrogen) atoms. The second-order valence-corrected chi connectivity index (χ2v) is 6.12. The van der Waals surface area contributed by atoms with Crippen LogP contribution in [0.2, 0.25) is 0 Å². The molecule has 6 heteroatoms. The first-order valence-electron chi connectivity index (χ1n) is 8.22. The maximum Gasteiger partial charge on any atom is 0.161 e. The number of fused-ring (bicyclic) bond motifs is 1. The van der Waals surface area contributed by atoms with Crippen molar-refractivity contribution >= 4 is 23.0 Å². The molecule has 0 amide bonds.